The molecule has 0 saturated carbocycles. The Morgan fingerprint density at radius 2 is 1.90 bits per heavy atom. The van der Waals surface area contributed by atoms with Gasteiger partial charge >= 0.3 is 6.18 Å². The van der Waals surface area contributed by atoms with E-state index in [2.05, 4.69) is 21.9 Å². The molecule has 3 N–H and O–H groups in total. The molecule has 0 atom stereocenters. The zero-order chi connectivity index (χ0) is 22.8. The van der Waals surface area contributed by atoms with Gasteiger partial charge in [0, 0.05) is 24.9 Å². The number of carboxylic acids is 1. The number of hydrogen-bond donors (Lipinski definition) is 3. The standard InChI is InChI=1S/C19H17N3O2.C2HF3O2/c1-22-9-7-13-11-21-18-17(13)16(22)10-15(19(18)24)20-8-6-12-2-4-14(23)5-3-12;3-2(4,5)1(6)7/h2-6,8,10-11H,7,9H2,1H3,(H2,20,21,23,24);(H,6,7). The van der Waals surface area contributed by atoms with Gasteiger partial charge in [0.2, 0.25) is 5.36 Å². The van der Waals surface area contributed by atoms with Crippen molar-refractivity contribution in [2.75, 3.05) is 18.9 Å². The van der Waals surface area contributed by atoms with E-state index in [1.54, 1.807) is 18.3 Å². The van der Waals surface area contributed by atoms with E-state index in [0.717, 1.165) is 29.1 Å². The first-order valence-corrected chi connectivity index (χ1v) is 9.09. The van der Waals surface area contributed by atoms with Crippen molar-refractivity contribution >= 4 is 35.2 Å². The fourth-order valence-corrected chi connectivity index (χ4v) is 3.12. The molecule has 31 heavy (non-hydrogen) atoms. The number of aliphatic carboxylic acids is 1. The maximum atomic E-state index is 10.5. The van der Waals surface area contributed by atoms with Crippen LogP contribution in [0.4, 0.5) is 24.5 Å². The second-order valence-corrected chi connectivity index (χ2v) is 6.82. The summed E-state index contributed by atoms with van der Waals surface area (Å²) in [7, 11) is 2.05. The van der Waals surface area contributed by atoms with Crippen molar-refractivity contribution in [1.82, 2.24) is 4.58 Å². The average Bonchev–Trinajstić information content (AvgIpc) is 3.14. The summed E-state index contributed by atoms with van der Waals surface area (Å²) in [5.74, 6) is -2.60. The van der Waals surface area contributed by atoms with E-state index in [4.69, 9.17) is 9.90 Å². The number of benzene rings is 2. The lowest BCUT2D eigenvalue weighted by Crippen LogP contribution is -2.42. The van der Waals surface area contributed by atoms with E-state index in [1.165, 1.54) is 5.57 Å². The van der Waals surface area contributed by atoms with Gasteiger partial charge in [0.05, 0.1) is 10.9 Å². The van der Waals surface area contributed by atoms with Crippen LogP contribution in [-0.2, 0) is 4.79 Å². The zero-order valence-electron chi connectivity index (χ0n) is 16.3. The topological polar surface area (TPSA) is 108 Å². The van der Waals surface area contributed by atoms with E-state index < -0.39 is 12.1 Å². The number of phenolic OH excluding ortho intramolecular Hbond substituents is 2. The molecule has 2 aromatic rings. The summed E-state index contributed by atoms with van der Waals surface area (Å²) in [6, 6.07) is 8.87. The second-order valence-electron chi connectivity index (χ2n) is 6.82. The highest BCUT2D eigenvalue weighted by atomic mass is 19.4. The van der Waals surface area contributed by atoms with Crippen LogP contribution in [0.2, 0.25) is 0 Å². The third-order valence-corrected chi connectivity index (χ3v) is 4.69. The number of phenols is 2. The van der Waals surface area contributed by atoms with Crippen molar-refractivity contribution in [3.05, 3.63) is 52.7 Å². The normalized spacial score (nSPS) is 14.3. The fraction of sp³-hybridized carbons (Fsp3) is 0.190. The van der Waals surface area contributed by atoms with Gasteiger partial charge < -0.3 is 25.4 Å². The van der Waals surface area contributed by atoms with E-state index in [9.17, 15) is 23.4 Å². The van der Waals surface area contributed by atoms with Crippen LogP contribution in [-0.4, -0.2) is 42.2 Å². The van der Waals surface area contributed by atoms with E-state index >= 15 is 0 Å². The Labute approximate surface area is 174 Å². The number of carbonyl (C=O) groups excluding carboxylic acids is 1. The molecule has 0 bridgehead atoms. The molecule has 2 heterocycles. The van der Waals surface area contributed by atoms with Crippen molar-refractivity contribution < 1.29 is 33.3 Å². The summed E-state index contributed by atoms with van der Waals surface area (Å²) >= 11 is 0. The Balaban J connectivity index is 0.000000339. The van der Waals surface area contributed by atoms with Crippen LogP contribution in [0, 0.1) is 0 Å². The van der Waals surface area contributed by atoms with Gasteiger partial charge in [0.1, 0.15) is 31.0 Å². The molecule has 0 amide bonds. The predicted octanol–water partition coefficient (Wildman–Crippen LogP) is 0.870. The Morgan fingerprint density at radius 3 is 2.52 bits per heavy atom. The van der Waals surface area contributed by atoms with Gasteiger partial charge in [-0.25, -0.2) is 4.58 Å². The number of halogens is 3. The maximum absolute atomic E-state index is 10.5. The van der Waals surface area contributed by atoms with Crippen LogP contribution in [0.15, 0.2) is 41.5 Å². The van der Waals surface area contributed by atoms with Crippen LogP contribution in [0.1, 0.15) is 12.0 Å². The molecule has 162 valence electrons. The van der Waals surface area contributed by atoms with Gasteiger partial charge in [-0.05, 0) is 29.3 Å². The van der Waals surface area contributed by atoms with Crippen molar-refractivity contribution in [2.24, 2.45) is 4.99 Å². The summed E-state index contributed by atoms with van der Waals surface area (Å²) < 4.78 is 33.7. The molecule has 0 unspecified atom stereocenters. The number of nitrogens with zero attached hydrogens (tertiary/aromatic N) is 2. The van der Waals surface area contributed by atoms with Crippen molar-refractivity contribution in [3.63, 3.8) is 0 Å². The monoisotopic (exact) mass is 433 g/mol. The molecule has 0 aromatic heterocycles. The summed E-state index contributed by atoms with van der Waals surface area (Å²) in [5.41, 5.74) is 3.42. The number of alkyl halides is 3. The first-order valence-electron chi connectivity index (χ1n) is 9.09. The highest BCUT2D eigenvalue weighted by Crippen LogP contribution is 2.32. The van der Waals surface area contributed by atoms with E-state index in [-0.39, 0.29) is 11.5 Å². The lowest BCUT2D eigenvalue weighted by Gasteiger charge is -2.09. The molecule has 0 fully saturated rings. The number of carbonyl (C=O) groups is 1. The Morgan fingerprint density at radius 1 is 1.26 bits per heavy atom. The lowest BCUT2D eigenvalue weighted by atomic mass is 10.1. The van der Waals surface area contributed by atoms with Crippen molar-refractivity contribution in [3.8, 4) is 11.5 Å². The van der Waals surface area contributed by atoms with Crippen molar-refractivity contribution in [2.45, 2.75) is 12.6 Å². The van der Waals surface area contributed by atoms with Crippen molar-refractivity contribution in [1.29, 1.82) is 0 Å². The number of rotatable bonds is 3. The minimum absolute atomic E-state index is 0.172. The molecule has 2 aromatic carbocycles. The Bertz CT molecular complexity index is 1200. The van der Waals surface area contributed by atoms with Gasteiger partial charge in [-0.1, -0.05) is 12.1 Å². The minimum atomic E-state index is -5.19. The number of aliphatic imine (C=N–C) groups is 1. The minimum Gasteiger partial charge on any atom is -0.542 e. The quantitative estimate of drug-likeness (QED) is 0.492. The molecular formula is C21H18F3N3O4. The molecule has 7 nitrogen and oxygen atoms in total. The highest BCUT2D eigenvalue weighted by Gasteiger charge is 2.28. The summed E-state index contributed by atoms with van der Waals surface area (Å²) in [6.45, 7) is 0.946. The molecule has 2 aliphatic rings. The third-order valence-electron chi connectivity index (χ3n) is 4.69. The first-order chi connectivity index (χ1) is 14.6. The van der Waals surface area contributed by atoms with Crippen LogP contribution < -0.4 is 25.6 Å². The fourth-order valence-electron chi connectivity index (χ4n) is 3.12. The van der Waals surface area contributed by atoms with E-state index in [1.807, 2.05) is 30.5 Å². The van der Waals surface area contributed by atoms with Gasteiger partial charge in [-0.3, -0.25) is 4.99 Å². The smallest absolute Gasteiger partial charge is 0.430 e. The van der Waals surface area contributed by atoms with Crippen LogP contribution in [0.3, 0.4) is 0 Å². The number of carboxylic acid groups (broad SMARTS) is 1. The number of aromatic hydroxyl groups is 2. The summed E-state index contributed by atoms with van der Waals surface area (Å²) in [4.78, 5) is 13.2. The first kappa shape index (κ1) is 21.9. The molecule has 4 rings (SSSR count). The second kappa shape index (κ2) is 8.50. The predicted molar refractivity (Wildman–Crippen MR) is 107 cm³/mol. The van der Waals surface area contributed by atoms with Crippen LogP contribution in [0.25, 0.3) is 11.6 Å². The number of anilines is 1. The van der Waals surface area contributed by atoms with Gasteiger partial charge in [0.25, 0.3) is 0 Å². The third kappa shape index (κ3) is 4.85. The molecule has 2 aliphatic heterocycles. The summed E-state index contributed by atoms with van der Waals surface area (Å²) in [6.07, 6.45) is 1.26. The molecule has 0 radical (unpaired) electrons. The zero-order valence-corrected chi connectivity index (χ0v) is 16.3. The summed E-state index contributed by atoms with van der Waals surface area (Å²) in [5, 5.41) is 33.9. The average molecular weight is 433 g/mol. The molecule has 10 heteroatoms. The molecular weight excluding hydrogens is 415 g/mol. The van der Waals surface area contributed by atoms with Gasteiger partial charge in [-0.2, -0.15) is 13.2 Å². The SMILES string of the molecule is C[N+]1=c2cc(NC=Cc3ccc(O)cc3)c(O)c3c2=C(C=N3)CC1.O=C([O-])C(F)(F)F. The molecule has 0 saturated heterocycles. The van der Waals surface area contributed by atoms with Crippen LogP contribution in [0.5, 0.6) is 11.5 Å². The van der Waals surface area contributed by atoms with E-state index in [0.29, 0.717) is 11.4 Å². The van der Waals surface area contributed by atoms with Gasteiger partial charge in [-0.15, -0.1) is 0 Å². The number of hydrogen-bond acceptors (Lipinski definition) is 6. The Kier molecular flexibility index (Phi) is 6.00. The lowest BCUT2D eigenvalue weighted by molar-refractivity contribution is -0.344. The largest absolute Gasteiger partial charge is 0.542 e. The maximum Gasteiger partial charge on any atom is 0.430 e. The van der Waals surface area contributed by atoms with Crippen LogP contribution >= 0.6 is 0 Å². The van der Waals surface area contributed by atoms with Gasteiger partial charge in [0.15, 0.2) is 5.75 Å². The highest BCUT2D eigenvalue weighted by molar-refractivity contribution is 6.08. The number of nitrogens with one attached hydrogen (secondary N) is 1. The Hall–Kier alpha value is -3.82. The molecule has 0 aliphatic carbocycles. The molecule has 0 spiro atoms.